The van der Waals surface area contributed by atoms with Crippen molar-refractivity contribution in [3.8, 4) is 0 Å². The average molecular weight is 403 g/mol. The fourth-order valence-corrected chi connectivity index (χ4v) is 3.96. The van der Waals surface area contributed by atoms with Crippen molar-refractivity contribution in [1.29, 1.82) is 0 Å². The maximum absolute atomic E-state index is 13.5. The average Bonchev–Trinajstić information content (AvgIpc) is 3.17. The van der Waals surface area contributed by atoms with Crippen molar-refractivity contribution in [2.45, 2.75) is 19.4 Å². The summed E-state index contributed by atoms with van der Waals surface area (Å²) in [5, 5.41) is 5.18. The largest absolute Gasteiger partial charge is 0.360 e. The first kappa shape index (κ1) is 19.4. The number of H-pyrrole nitrogens is 1. The maximum atomic E-state index is 13.5. The van der Waals surface area contributed by atoms with E-state index in [2.05, 4.69) is 23.3 Å². The lowest BCUT2D eigenvalue weighted by Gasteiger charge is -2.18. The third-order valence-corrected chi connectivity index (χ3v) is 5.53. The Bertz CT molecular complexity index is 1130. The highest BCUT2D eigenvalue weighted by molar-refractivity contribution is 6.30. The minimum absolute atomic E-state index is 0.0708. The second kappa shape index (κ2) is 8.64. The summed E-state index contributed by atoms with van der Waals surface area (Å²) in [5.41, 5.74) is 5.05. The first-order valence-electron chi connectivity index (χ1n) is 9.77. The summed E-state index contributed by atoms with van der Waals surface area (Å²) in [6.45, 7) is 2.75. The molecule has 0 fully saturated rings. The Hall–Kier alpha value is -2.88. The first-order valence-corrected chi connectivity index (χ1v) is 10.1. The number of aryl methyl sites for hydroxylation is 1. The highest BCUT2D eigenvalue weighted by atomic mass is 35.5. The number of carbonyl (C=O) groups is 1. The lowest BCUT2D eigenvalue weighted by Crippen LogP contribution is -2.30. The molecule has 0 bridgehead atoms. The monoisotopic (exact) mass is 402 g/mol. The van der Waals surface area contributed by atoms with Crippen molar-refractivity contribution in [3.63, 3.8) is 0 Å². The van der Waals surface area contributed by atoms with Crippen molar-refractivity contribution in [2.75, 3.05) is 6.54 Å². The zero-order valence-corrected chi connectivity index (χ0v) is 17.0. The molecular weight excluding hydrogens is 380 g/mol. The fourth-order valence-electron chi connectivity index (χ4n) is 3.73. The first-order chi connectivity index (χ1) is 14.1. The van der Waals surface area contributed by atoms with Gasteiger partial charge in [0.25, 0.3) is 0 Å². The van der Waals surface area contributed by atoms with Gasteiger partial charge >= 0.3 is 0 Å². The number of fused-ring (bicyclic) bond motifs is 1. The predicted octanol–water partition coefficient (Wildman–Crippen LogP) is 5.89. The molecule has 4 heteroatoms. The Morgan fingerprint density at radius 1 is 1.03 bits per heavy atom. The zero-order valence-electron chi connectivity index (χ0n) is 16.3. The second-order valence-electron chi connectivity index (χ2n) is 7.23. The predicted molar refractivity (Wildman–Crippen MR) is 120 cm³/mol. The van der Waals surface area contributed by atoms with Gasteiger partial charge in [0, 0.05) is 34.2 Å². The van der Waals surface area contributed by atoms with Gasteiger partial charge in [0.15, 0.2) is 5.78 Å². The lowest BCUT2D eigenvalue weighted by molar-refractivity contribution is 0.0945. The summed E-state index contributed by atoms with van der Waals surface area (Å²) in [4.78, 5) is 16.7. The highest BCUT2D eigenvalue weighted by Gasteiger charge is 2.23. The van der Waals surface area contributed by atoms with E-state index >= 15 is 0 Å². The van der Waals surface area contributed by atoms with E-state index in [0.717, 1.165) is 27.9 Å². The highest BCUT2D eigenvalue weighted by Crippen LogP contribution is 2.25. The van der Waals surface area contributed by atoms with Crippen LogP contribution in [0.5, 0.6) is 0 Å². The Kier molecular flexibility index (Phi) is 5.79. The van der Waals surface area contributed by atoms with E-state index < -0.39 is 6.04 Å². The third-order valence-electron chi connectivity index (χ3n) is 5.30. The number of nitrogens with one attached hydrogen (secondary N) is 2. The third kappa shape index (κ3) is 4.26. The van der Waals surface area contributed by atoms with Gasteiger partial charge in [-0.05, 0) is 48.2 Å². The molecule has 0 aliphatic rings. The molecule has 0 aliphatic carbocycles. The normalized spacial score (nSPS) is 12.2. The number of carbonyl (C=O) groups excluding carboxylic acids is 1. The summed E-state index contributed by atoms with van der Waals surface area (Å²) in [5.74, 6) is 0.0708. The van der Waals surface area contributed by atoms with E-state index in [9.17, 15) is 4.79 Å². The number of para-hydroxylation sites is 1. The van der Waals surface area contributed by atoms with Gasteiger partial charge in [0.2, 0.25) is 0 Å². The maximum Gasteiger partial charge on any atom is 0.186 e. The van der Waals surface area contributed by atoms with Crippen LogP contribution in [0.15, 0.2) is 79.0 Å². The smallest absolute Gasteiger partial charge is 0.186 e. The Morgan fingerprint density at radius 3 is 2.59 bits per heavy atom. The molecule has 29 heavy (non-hydrogen) atoms. The molecule has 0 radical (unpaired) electrons. The van der Waals surface area contributed by atoms with Crippen LogP contribution < -0.4 is 5.32 Å². The van der Waals surface area contributed by atoms with Crippen LogP contribution in [0.2, 0.25) is 5.02 Å². The molecule has 2 N–H and O–H groups in total. The molecule has 0 saturated heterocycles. The van der Waals surface area contributed by atoms with Crippen LogP contribution in [0.4, 0.5) is 0 Å². The topological polar surface area (TPSA) is 44.9 Å². The minimum Gasteiger partial charge on any atom is -0.360 e. The Morgan fingerprint density at radius 2 is 1.79 bits per heavy atom. The van der Waals surface area contributed by atoms with Crippen molar-refractivity contribution < 1.29 is 4.79 Å². The van der Waals surface area contributed by atoms with Crippen LogP contribution in [0.1, 0.15) is 33.1 Å². The summed E-state index contributed by atoms with van der Waals surface area (Å²) in [6.07, 6.45) is 2.64. The number of halogens is 1. The van der Waals surface area contributed by atoms with Crippen LogP contribution in [-0.4, -0.2) is 17.3 Å². The number of hydrogen-bond donors (Lipinski definition) is 2. The molecule has 0 amide bonds. The van der Waals surface area contributed by atoms with E-state index in [1.165, 1.54) is 11.1 Å². The van der Waals surface area contributed by atoms with E-state index in [-0.39, 0.29) is 5.78 Å². The van der Waals surface area contributed by atoms with Crippen LogP contribution >= 0.6 is 11.6 Å². The molecule has 1 atom stereocenters. The zero-order chi connectivity index (χ0) is 20.2. The van der Waals surface area contributed by atoms with Crippen molar-refractivity contribution in [2.24, 2.45) is 0 Å². The molecule has 4 aromatic rings. The molecule has 1 aromatic heterocycles. The standard InChI is InChI=1S/C25H23ClN2O/c1-17-15-20(26)12-11-18(17)13-14-27-24(19-7-3-2-4-8-19)25(29)22-16-28-23-10-6-5-9-21(22)23/h2-12,15-16,24,27-28H,13-14H2,1H3/t24-/m0/s1. The lowest BCUT2D eigenvalue weighted by atomic mass is 9.96. The Balaban J connectivity index is 1.58. The summed E-state index contributed by atoms with van der Waals surface area (Å²) >= 11 is 6.06. The van der Waals surface area contributed by atoms with Gasteiger partial charge in [-0.1, -0.05) is 66.2 Å². The summed E-state index contributed by atoms with van der Waals surface area (Å²) in [6, 6.07) is 23.3. The van der Waals surface area contributed by atoms with Gasteiger partial charge in [0.05, 0.1) is 6.04 Å². The summed E-state index contributed by atoms with van der Waals surface area (Å²) < 4.78 is 0. The molecule has 3 nitrogen and oxygen atoms in total. The summed E-state index contributed by atoms with van der Waals surface area (Å²) in [7, 11) is 0. The van der Waals surface area contributed by atoms with Crippen LogP contribution in [0.3, 0.4) is 0 Å². The molecule has 1 heterocycles. The van der Waals surface area contributed by atoms with Crippen LogP contribution in [-0.2, 0) is 6.42 Å². The Labute approximate surface area is 175 Å². The molecule has 0 aliphatic heterocycles. The van der Waals surface area contributed by atoms with E-state index in [1.54, 1.807) is 0 Å². The van der Waals surface area contributed by atoms with Gasteiger partial charge in [-0.25, -0.2) is 0 Å². The second-order valence-corrected chi connectivity index (χ2v) is 7.67. The van der Waals surface area contributed by atoms with Crippen molar-refractivity contribution in [3.05, 3.63) is 106 Å². The fraction of sp³-hybridized carbons (Fsp3) is 0.160. The van der Waals surface area contributed by atoms with Gasteiger partial charge in [-0.3, -0.25) is 4.79 Å². The van der Waals surface area contributed by atoms with Crippen molar-refractivity contribution >= 4 is 28.3 Å². The molecule has 146 valence electrons. The van der Waals surface area contributed by atoms with Gasteiger partial charge in [0.1, 0.15) is 0 Å². The molecule has 4 rings (SSSR count). The number of Topliss-reactive ketones (excluding diaryl/α,β-unsaturated/α-hetero) is 1. The number of ketones is 1. The quantitative estimate of drug-likeness (QED) is 0.379. The van der Waals surface area contributed by atoms with Gasteiger partial charge < -0.3 is 10.3 Å². The number of rotatable bonds is 7. The minimum atomic E-state index is -0.400. The van der Waals surface area contributed by atoms with Gasteiger partial charge in [-0.2, -0.15) is 0 Å². The molecule has 0 saturated carbocycles. The van der Waals surface area contributed by atoms with Crippen LogP contribution in [0.25, 0.3) is 10.9 Å². The number of aromatic amines is 1. The molecule has 3 aromatic carbocycles. The number of benzene rings is 3. The SMILES string of the molecule is Cc1cc(Cl)ccc1CCN[C@H](C(=O)c1c[nH]c2ccccc12)c1ccccc1. The molecular formula is C25H23ClN2O. The van der Waals surface area contributed by atoms with Crippen molar-refractivity contribution in [1.82, 2.24) is 10.3 Å². The molecule has 0 unspecified atom stereocenters. The number of aromatic nitrogens is 1. The van der Waals surface area contributed by atoms with E-state index in [1.807, 2.05) is 72.9 Å². The molecule has 0 spiro atoms. The van der Waals surface area contributed by atoms with E-state index in [0.29, 0.717) is 12.1 Å². The van der Waals surface area contributed by atoms with E-state index in [4.69, 9.17) is 11.6 Å². The number of hydrogen-bond acceptors (Lipinski definition) is 2. The van der Waals surface area contributed by atoms with Crippen LogP contribution in [0, 0.1) is 6.92 Å². The van der Waals surface area contributed by atoms with Gasteiger partial charge in [-0.15, -0.1) is 0 Å².